The van der Waals surface area contributed by atoms with E-state index in [2.05, 4.69) is 16.4 Å². The highest BCUT2D eigenvalue weighted by Crippen LogP contribution is 2.38. The number of fused-ring (bicyclic) bond motifs is 6. The zero-order chi connectivity index (χ0) is 13.1. The topological polar surface area (TPSA) is 85.8 Å². The van der Waals surface area contributed by atoms with Gasteiger partial charge in [0.15, 0.2) is 0 Å². The van der Waals surface area contributed by atoms with Gasteiger partial charge in [0.25, 0.3) is 11.8 Å². The summed E-state index contributed by atoms with van der Waals surface area (Å²) >= 11 is 0. The van der Waals surface area contributed by atoms with Crippen LogP contribution in [0, 0.1) is 11.3 Å². The van der Waals surface area contributed by atoms with Crippen LogP contribution in [0.25, 0.3) is 10.9 Å². The molecule has 92 valence electrons. The van der Waals surface area contributed by atoms with Gasteiger partial charge in [0.1, 0.15) is 6.07 Å². The molecule has 19 heavy (non-hydrogen) atoms. The van der Waals surface area contributed by atoms with Gasteiger partial charge in [-0.2, -0.15) is 5.26 Å². The number of hydrogen-bond acceptors (Lipinski definition) is 3. The summed E-state index contributed by atoms with van der Waals surface area (Å²) in [6, 6.07) is 2.08. The van der Waals surface area contributed by atoms with Crippen LogP contribution in [0.3, 0.4) is 0 Å². The van der Waals surface area contributed by atoms with E-state index in [0.717, 1.165) is 35.9 Å². The number of aromatic nitrogens is 1. The lowest BCUT2D eigenvalue weighted by Crippen LogP contribution is -2.20. The van der Waals surface area contributed by atoms with Crippen molar-refractivity contribution in [2.75, 3.05) is 0 Å². The molecule has 5 heteroatoms. The number of nitrogens with one attached hydrogen (secondary N) is 2. The molecule has 2 amide bonds. The lowest BCUT2D eigenvalue weighted by molar-refractivity contribution is 0.0880. The molecule has 0 fully saturated rings. The number of carbonyl (C=O) groups is 2. The van der Waals surface area contributed by atoms with Gasteiger partial charge in [-0.3, -0.25) is 14.9 Å². The highest BCUT2D eigenvalue weighted by molar-refractivity contribution is 6.28. The molecule has 0 bridgehead atoms. The predicted molar refractivity (Wildman–Crippen MR) is 66.8 cm³/mol. The van der Waals surface area contributed by atoms with E-state index in [9.17, 15) is 9.59 Å². The second-order valence-electron chi connectivity index (χ2n) is 4.91. The van der Waals surface area contributed by atoms with Crippen LogP contribution < -0.4 is 5.32 Å². The summed E-state index contributed by atoms with van der Waals surface area (Å²) in [5.41, 5.74) is 4.18. The lowest BCUT2D eigenvalue weighted by Gasteiger charge is -2.07. The van der Waals surface area contributed by atoms with E-state index in [4.69, 9.17) is 5.26 Å². The molecule has 4 rings (SSSR count). The van der Waals surface area contributed by atoms with Crippen LogP contribution in [-0.4, -0.2) is 16.8 Å². The maximum absolute atomic E-state index is 12.0. The maximum atomic E-state index is 12.0. The maximum Gasteiger partial charge on any atom is 0.259 e. The van der Waals surface area contributed by atoms with Crippen molar-refractivity contribution in [3.05, 3.63) is 34.0 Å². The molecular formula is C14H9N3O2. The Morgan fingerprint density at radius 2 is 1.84 bits per heavy atom. The molecule has 0 saturated carbocycles. The van der Waals surface area contributed by atoms with Gasteiger partial charge in [0, 0.05) is 11.6 Å². The fraction of sp³-hybridized carbons (Fsp3) is 0.214. The second-order valence-corrected chi connectivity index (χ2v) is 4.91. The quantitative estimate of drug-likeness (QED) is 0.694. The first-order valence-corrected chi connectivity index (χ1v) is 6.17. The molecule has 1 aliphatic heterocycles. The third kappa shape index (κ3) is 1.09. The van der Waals surface area contributed by atoms with Crippen LogP contribution in [0.2, 0.25) is 0 Å². The number of imide groups is 1. The van der Waals surface area contributed by atoms with Crippen LogP contribution >= 0.6 is 0 Å². The Morgan fingerprint density at radius 3 is 2.63 bits per heavy atom. The van der Waals surface area contributed by atoms with Gasteiger partial charge in [-0.1, -0.05) is 0 Å². The van der Waals surface area contributed by atoms with Gasteiger partial charge in [0.05, 0.1) is 22.2 Å². The van der Waals surface area contributed by atoms with E-state index in [-0.39, 0.29) is 5.91 Å². The van der Waals surface area contributed by atoms with Crippen LogP contribution in [0.15, 0.2) is 6.20 Å². The fourth-order valence-electron chi connectivity index (χ4n) is 3.29. The van der Waals surface area contributed by atoms with Crippen molar-refractivity contribution in [3.8, 4) is 6.07 Å². The van der Waals surface area contributed by atoms with Crippen LogP contribution in [0.5, 0.6) is 0 Å². The summed E-state index contributed by atoms with van der Waals surface area (Å²) in [6.45, 7) is 0. The lowest BCUT2D eigenvalue weighted by atomic mass is 9.93. The second kappa shape index (κ2) is 3.23. The molecule has 2 heterocycles. The minimum absolute atomic E-state index is 0.329. The smallest absolute Gasteiger partial charge is 0.259 e. The van der Waals surface area contributed by atoms with Gasteiger partial charge < -0.3 is 4.98 Å². The highest BCUT2D eigenvalue weighted by atomic mass is 16.2. The van der Waals surface area contributed by atoms with Crippen LogP contribution in [-0.2, 0) is 12.8 Å². The first-order chi connectivity index (χ1) is 9.22. The Labute approximate surface area is 108 Å². The molecule has 0 saturated heterocycles. The van der Waals surface area contributed by atoms with Crippen molar-refractivity contribution in [2.24, 2.45) is 0 Å². The van der Waals surface area contributed by atoms with Crippen molar-refractivity contribution < 1.29 is 9.59 Å². The summed E-state index contributed by atoms with van der Waals surface area (Å²) in [5.74, 6) is -0.721. The van der Waals surface area contributed by atoms with Gasteiger partial charge in [0.2, 0.25) is 0 Å². The van der Waals surface area contributed by atoms with Gasteiger partial charge in [-0.15, -0.1) is 0 Å². The van der Waals surface area contributed by atoms with Crippen molar-refractivity contribution in [1.82, 2.24) is 10.3 Å². The zero-order valence-corrected chi connectivity index (χ0v) is 9.96. The number of rotatable bonds is 0. The average molecular weight is 251 g/mol. The number of H-pyrrole nitrogens is 1. The molecule has 2 N–H and O–H groups in total. The largest absolute Gasteiger partial charge is 0.360 e. The number of aryl methyl sites for hydroxylation is 1. The van der Waals surface area contributed by atoms with Gasteiger partial charge in [-0.05, 0) is 30.4 Å². The minimum atomic E-state index is -0.393. The normalized spacial score (nSPS) is 16.4. The molecule has 1 aromatic carbocycles. The number of amides is 2. The van der Waals surface area contributed by atoms with Crippen molar-refractivity contribution in [1.29, 1.82) is 5.26 Å². The summed E-state index contributed by atoms with van der Waals surface area (Å²) in [5, 5.41) is 12.1. The van der Waals surface area contributed by atoms with Crippen LogP contribution in [0.1, 0.15) is 43.8 Å². The number of nitrogens with zero attached hydrogens (tertiary/aromatic N) is 1. The monoisotopic (exact) mass is 251 g/mol. The number of aromatic amines is 1. The van der Waals surface area contributed by atoms with Crippen molar-refractivity contribution in [3.63, 3.8) is 0 Å². The fourth-order valence-corrected chi connectivity index (χ4v) is 3.29. The molecule has 0 atom stereocenters. The predicted octanol–water partition coefficient (Wildman–Crippen LogP) is 1.41. The van der Waals surface area contributed by atoms with E-state index >= 15 is 0 Å². The summed E-state index contributed by atoms with van der Waals surface area (Å²) in [7, 11) is 0. The standard InChI is InChI=1S/C14H9N3O2/c15-4-6-5-16-12-8-3-1-2-7(8)10-11(9(6)12)14(19)17-13(10)18/h5,16H,1-3H2,(H,17,18,19). The molecule has 1 aliphatic carbocycles. The van der Waals surface area contributed by atoms with Gasteiger partial charge in [-0.25, -0.2) is 0 Å². The van der Waals surface area contributed by atoms with E-state index in [1.165, 1.54) is 0 Å². The number of benzene rings is 1. The van der Waals surface area contributed by atoms with Crippen molar-refractivity contribution in [2.45, 2.75) is 19.3 Å². The summed E-state index contributed by atoms with van der Waals surface area (Å²) < 4.78 is 0. The van der Waals surface area contributed by atoms with Crippen LogP contribution in [0.4, 0.5) is 0 Å². The Morgan fingerprint density at radius 1 is 1.11 bits per heavy atom. The Balaban J connectivity index is 2.28. The highest BCUT2D eigenvalue weighted by Gasteiger charge is 2.36. The molecule has 1 aromatic heterocycles. The average Bonchev–Trinajstić information content (AvgIpc) is 3.06. The van der Waals surface area contributed by atoms with E-state index in [1.807, 2.05) is 0 Å². The zero-order valence-electron chi connectivity index (χ0n) is 9.96. The van der Waals surface area contributed by atoms with E-state index < -0.39 is 5.91 Å². The molecule has 5 nitrogen and oxygen atoms in total. The summed E-state index contributed by atoms with van der Waals surface area (Å²) in [4.78, 5) is 27.1. The minimum Gasteiger partial charge on any atom is -0.360 e. The Bertz CT molecular complexity index is 824. The number of carbonyl (C=O) groups excluding carboxylic acids is 2. The summed E-state index contributed by atoms with van der Waals surface area (Å²) in [6.07, 6.45) is 4.28. The van der Waals surface area contributed by atoms with E-state index in [1.54, 1.807) is 6.20 Å². The Kier molecular flexibility index (Phi) is 1.76. The van der Waals surface area contributed by atoms with E-state index in [0.29, 0.717) is 22.1 Å². The third-order valence-corrected chi connectivity index (χ3v) is 4.00. The molecule has 0 unspecified atom stereocenters. The number of hydrogen-bond donors (Lipinski definition) is 2. The first kappa shape index (κ1) is 10.3. The molecular weight excluding hydrogens is 242 g/mol. The Hall–Kier alpha value is -2.61. The molecule has 2 aromatic rings. The van der Waals surface area contributed by atoms with Crippen molar-refractivity contribution >= 4 is 22.7 Å². The molecule has 0 spiro atoms. The molecule has 0 radical (unpaired) electrons. The number of nitriles is 1. The SMILES string of the molecule is N#Cc1c[nH]c2c3c(c4c(c12)C(=O)NC4=O)CCC3. The first-order valence-electron chi connectivity index (χ1n) is 6.17. The molecule has 2 aliphatic rings. The van der Waals surface area contributed by atoms with Gasteiger partial charge >= 0.3 is 0 Å². The third-order valence-electron chi connectivity index (χ3n) is 4.00.